The number of benzene rings is 3. The normalized spacial score (nSPS) is 10.3. The molecule has 0 fully saturated rings. The topological polar surface area (TPSA) is 89.5 Å². The van der Waals surface area contributed by atoms with Crippen molar-refractivity contribution in [3.05, 3.63) is 113 Å². The van der Waals surface area contributed by atoms with E-state index in [1.807, 2.05) is 12.1 Å². The fourth-order valence-electron chi connectivity index (χ4n) is 3.28. The van der Waals surface area contributed by atoms with E-state index in [1.54, 1.807) is 72.9 Å². The van der Waals surface area contributed by atoms with Crippen molar-refractivity contribution in [2.45, 2.75) is 6.61 Å². The van der Waals surface area contributed by atoms with Crippen molar-refractivity contribution >= 4 is 34.8 Å². The van der Waals surface area contributed by atoms with Crippen LogP contribution < -0.4 is 20.1 Å². The highest BCUT2D eigenvalue weighted by Gasteiger charge is 2.15. The van der Waals surface area contributed by atoms with E-state index in [-0.39, 0.29) is 11.8 Å². The maximum absolute atomic E-state index is 13.0. The molecular formula is C27H22ClN3O4. The zero-order valence-corrected chi connectivity index (χ0v) is 19.6. The maximum atomic E-state index is 13.0. The van der Waals surface area contributed by atoms with Gasteiger partial charge in [-0.2, -0.15) is 0 Å². The average molecular weight is 488 g/mol. The zero-order chi connectivity index (χ0) is 24.6. The first-order valence-corrected chi connectivity index (χ1v) is 11.1. The van der Waals surface area contributed by atoms with E-state index >= 15 is 0 Å². The van der Waals surface area contributed by atoms with Crippen molar-refractivity contribution in [1.82, 2.24) is 4.98 Å². The monoisotopic (exact) mass is 487 g/mol. The molecule has 1 heterocycles. The van der Waals surface area contributed by atoms with Crippen LogP contribution in [-0.2, 0) is 6.61 Å². The van der Waals surface area contributed by atoms with Crippen LogP contribution in [0.5, 0.6) is 11.5 Å². The number of anilines is 2. The number of pyridine rings is 1. The maximum Gasteiger partial charge on any atom is 0.259 e. The molecule has 0 spiro atoms. The van der Waals surface area contributed by atoms with E-state index in [2.05, 4.69) is 15.6 Å². The number of halogens is 1. The third kappa shape index (κ3) is 6.16. The third-order valence-corrected chi connectivity index (χ3v) is 5.32. The highest BCUT2D eigenvalue weighted by Crippen LogP contribution is 2.29. The van der Waals surface area contributed by atoms with Crippen LogP contribution in [0.25, 0.3) is 0 Å². The number of ether oxygens (including phenoxy) is 2. The fourth-order valence-corrected chi connectivity index (χ4v) is 3.41. The summed E-state index contributed by atoms with van der Waals surface area (Å²) >= 11 is 5.93. The van der Waals surface area contributed by atoms with Gasteiger partial charge >= 0.3 is 0 Å². The smallest absolute Gasteiger partial charge is 0.259 e. The Kier molecular flexibility index (Phi) is 7.60. The number of methoxy groups -OCH3 is 1. The summed E-state index contributed by atoms with van der Waals surface area (Å²) in [6.07, 6.45) is 3.07. The quantitative estimate of drug-likeness (QED) is 0.326. The molecule has 35 heavy (non-hydrogen) atoms. The number of nitrogens with zero attached hydrogens (tertiary/aromatic N) is 1. The fraction of sp³-hybridized carbons (Fsp3) is 0.0741. The molecule has 3 aromatic carbocycles. The Balaban J connectivity index is 1.46. The second-order valence-electron chi connectivity index (χ2n) is 7.48. The Hall–Kier alpha value is -4.36. The van der Waals surface area contributed by atoms with Crippen LogP contribution in [0.4, 0.5) is 11.4 Å². The van der Waals surface area contributed by atoms with Crippen molar-refractivity contribution in [3.8, 4) is 11.5 Å². The highest BCUT2D eigenvalue weighted by atomic mass is 35.5. The van der Waals surface area contributed by atoms with Gasteiger partial charge in [-0.15, -0.1) is 0 Å². The number of carbonyl (C=O) groups excluding carboxylic acids is 2. The predicted octanol–water partition coefficient (Wildman–Crippen LogP) is 5.83. The lowest BCUT2D eigenvalue weighted by Gasteiger charge is -2.14. The van der Waals surface area contributed by atoms with Crippen molar-refractivity contribution in [2.75, 3.05) is 17.7 Å². The molecule has 0 saturated heterocycles. The van der Waals surface area contributed by atoms with Gasteiger partial charge in [-0.05, 0) is 54.1 Å². The van der Waals surface area contributed by atoms with Crippen LogP contribution in [-0.4, -0.2) is 23.9 Å². The van der Waals surface area contributed by atoms with Gasteiger partial charge in [0.05, 0.1) is 23.9 Å². The molecule has 1 aromatic heterocycles. The standard InChI is InChI=1S/C27H22ClN3O4/c1-34-25-15-21(12-13-23(25)31-26(32)19-5-4-14-29-16-19)30-27(33)22-6-2-3-7-24(22)35-17-18-8-10-20(28)11-9-18/h2-16H,17H2,1H3,(H,30,33)(H,31,32). The molecule has 2 amide bonds. The molecule has 4 aromatic rings. The van der Waals surface area contributed by atoms with Crippen LogP contribution in [0.1, 0.15) is 26.3 Å². The molecule has 0 saturated carbocycles. The minimum absolute atomic E-state index is 0.292. The summed E-state index contributed by atoms with van der Waals surface area (Å²) in [6.45, 7) is 0.292. The van der Waals surface area contributed by atoms with E-state index in [0.717, 1.165) is 5.56 Å². The van der Waals surface area contributed by atoms with E-state index in [4.69, 9.17) is 21.1 Å². The summed E-state index contributed by atoms with van der Waals surface area (Å²) in [4.78, 5) is 29.4. The van der Waals surface area contributed by atoms with E-state index in [0.29, 0.717) is 45.6 Å². The number of aromatic nitrogens is 1. The molecule has 0 aliphatic rings. The summed E-state index contributed by atoms with van der Waals surface area (Å²) < 4.78 is 11.3. The molecule has 0 bridgehead atoms. The van der Waals surface area contributed by atoms with Crippen molar-refractivity contribution in [3.63, 3.8) is 0 Å². The van der Waals surface area contributed by atoms with Crippen LogP contribution in [0.15, 0.2) is 91.3 Å². The Morgan fingerprint density at radius 2 is 1.69 bits per heavy atom. The predicted molar refractivity (Wildman–Crippen MR) is 135 cm³/mol. The Morgan fingerprint density at radius 3 is 2.43 bits per heavy atom. The highest BCUT2D eigenvalue weighted by molar-refractivity contribution is 6.30. The summed E-state index contributed by atoms with van der Waals surface area (Å²) in [5, 5.41) is 6.29. The average Bonchev–Trinajstić information content (AvgIpc) is 2.89. The van der Waals surface area contributed by atoms with E-state index < -0.39 is 0 Å². The number of rotatable bonds is 8. The van der Waals surface area contributed by atoms with E-state index in [1.165, 1.54) is 13.3 Å². The van der Waals surface area contributed by atoms with Crippen LogP contribution in [0.3, 0.4) is 0 Å². The van der Waals surface area contributed by atoms with Crippen LogP contribution in [0.2, 0.25) is 5.02 Å². The van der Waals surface area contributed by atoms with Gasteiger partial charge < -0.3 is 20.1 Å². The van der Waals surface area contributed by atoms with Crippen molar-refractivity contribution in [1.29, 1.82) is 0 Å². The van der Waals surface area contributed by atoms with Crippen LogP contribution in [0, 0.1) is 0 Å². The lowest BCUT2D eigenvalue weighted by Crippen LogP contribution is -2.15. The van der Waals surface area contributed by atoms with Crippen molar-refractivity contribution in [2.24, 2.45) is 0 Å². The molecule has 0 aliphatic carbocycles. The molecule has 0 unspecified atom stereocenters. The molecule has 4 rings (SSSR count). The lowest BCUT2D eigenvalue weighted by molar-refractivity contribution is 0.101. The van der Waals surface area contributed by atoms with Gasteiger partial charge in [0, 0.05) is 29.2 Å². The first kappa shape index (κ1) is 23.8. The first-order chi connectivity index (χ1) is 17.0. The summed E-state index contributed by atoms with van der Waals surface area (Å²) in [5.74, 6) is 0.186. The second kappa shape index (κ2) is 11.2. The van der Waals surface area contributed by atoms with Gasteiger partial charge in [0.2, 0.25) is 0 Å². The summed E-state index contributed by atoms with van der Waals surface area (Å²) in [5.41, 5.74) is 2.69. The largest absolute Gasteiger partial charge is 0.494 e. The van der Waals surface area contributed by atoms with Gasteiger partial charge in [0.25, 0.3) is 11.8 Å². The Bertz CT molecular complexity index is 1330. The van der Waals surface area contributed by atoms with Gasteiger partial charge in [0.1, 0.15) is 18.1 Å². The summed E-state index contributed by atoms with van der Waals surface area (Å²) in [7, 11) is 1.49. The molecular weight excluding hydrogens is 466 g/mol. The first-order valence-electron chi connectivity index (χ1n) is 10.7. The molecule has 176 valence electrons. The molecule has 0 aliphatic heterocycles. The zero-order valence-electron chi connectivity index (χ0n) is 18.8. The number of hydrogen-bond donors (Lipinski definition) is 2. The molecule has 2 N–H and O–H groups in total. The Morgan fingerprint density at radius 1 is 0.886 bits per heavy atom. The molecule has 7 nitrogen and oxygen atoms in total. The van der Waals surface area contributed by atoms with Gasteiger partial charge in [-0.1, -0.05) is 35.9 Å². The van der Waals surface area contributed by atoms with Crippen molar-refractivity contribution < 1.29 is 19.1 Å². The number of carbonyl (C=O) groups is 2. The summed E-state index contributed by atoms with van der Waals surface area (Å²) in [6, 6.07) is 22.6. The number of nitrogens with one attached hydrogen (secondary N) is 2. The molecule has 0 atom stereocenters. The molecule has 0 radical (unpaired) electrons. The van der Waals surface area contributed by atoms with Crippen LogP contribution >= 0.6 is 11.6 Å². The molecule has 8 heteroatoms. The van der Waals surface area contributed by atoms with Gasteiger partial charge in [-0.25, -0.2) is 0 Å². The van der Waals surface area contributed by atoms with E-state index in [9.17, 15) is 9.59 Å². The number of hydrogen-bond acceptors (Lipinski definition) is 5. The second-order valence-corrected chi connectivity index (χ2v) is 7.91. The minimum atomic E-state index is -0.342. The Labute approximate surface area is 207 Å². The van der Waals surface area contributed by atoms with Gasteiger partial charge in [0.15, 0.2) is 0 Å². The lowest BCUT2D eigenvalue weighted by atomic mass is 10.1. The third-order valence-electron chi connectivity index (χ3n) is 5.07. The number of para-hydroxylation sites is 1. The minimum Gasteiger partial charge on any atom is -0.494 e. The van der Waals surface area contributed by atoms with Gasteiger partial charge in [-0.3, -0.25) is 14.6 Å². The SMILES string of the molecule is COc1cc(NC(=O)c2ccccc2OCc2ccc(Cl)cc2)ccc1NC(=O)c1cccnc1. The number of amides is 2.